The first kappa shape index (κ1) is 18.8. The second-order valence-corrected chi connectivity index (χ2v) is 8.36. The fourth-order valence-electron chi connectivity index (χ4n) is 5.40. The molecule has 3 atom stereocenters. The number of amides is 4. The molecule has 2 fully saturated rings. The lowest BCUT2D eigenvalue weighted by Gasteiger charge is -2.54. The molecule has 0 aliphatic carbocycles. The van der Waals surface area contributed by atoms with Gasteiger partial charge in [-0.2, -0.15) is 0 Å². The van der Waals surface area contributed by atoms with Crippen LogP contribution in [-0.2, 0) is 16.0 Å². The van der Waals surface area contributed by atoms with Gasteiger partial charge in [0.25, 0.3) is 0 Å². The zero-order chi connectivity index (χ0) is 21.0. The van der Waals surface area contributed by atoms with Crippen LogP contribution in [0.3, 0.4) is 0 Å². The SMILES string of the molecule is CN1C(=O)NC(=O)[C@]2(Cc3cccc(F)c3N3CC[C@@H](c4ccccc4)C[C@@H]32)C1=O. The number of hydrogen-bond donors (Lipinski definition) is 1. The lowest BCUT2D eigenvalue weighted by atomic mass is 9.64. The summed E-state index contributed by atoms with van der Waals surface area (Å²) in [4.78, 5) is 41.6. The van der Waals surface area contributed by atoms with Gasteiger partial charge < -0.3 is 4.90 Å². The first-order valence-corrected chi connectivity index (χ1v) is 10.2. The number of barbiturate groups is 1. The summed E-state index contributed by atoms with van der Waals surface area (Å²) in [6.45, 7) is 0.526. The van der Waals surface area contributed by atoms with Gasteiger partial charge in [0.15, 0.2) is 5.41 Å². The molecule has 0 radical (unpaired) electrons. The molecule has 7 heteroatoms. The minimum absolute atomic E-state index is 0.0745. The Labute approximate surface area is 173 Å². The maximum absolute atomic E-state index is 14.9. The normalized spacial score (nSPS) is 28.3. The van der Waals surface area contributed by atoms with E-state index in [9.17, 15) is 18.8 Å². The average Bonchev–Trinajstić information content (AvgIpc) is 2.76. The molecule has 3 heterocycles. The van der Waals surface area contributed by atoms with Crippen molar-refractivity contribution >= 4 is 23.5 Å². The van der Waals surface area contributed by atoms with Crippen LogP contribution < -0.4 is 10.2 Å². The molecule has 2 saturated heterocycles. The van der Waals surface area contributed by atoms with Gasteiger partial charge in [0, 0.05) is 13.6 Å². The molecule has 2 aromatic carbocycles. The van der Waals surface area contributed by atoms with Crippen molar-refractivity contribution in [3.63, 3.8) is 0 Å². The van der Waals surface area contributed by atoms with Gasteiger partial charge in [-0.3, -0.25) is 19.8 Å². The van der Waals surface area contributed by atoms with E-state index in [0.29, 0.717) is 24.2 Å². The van der Waals surface area contributed by atoms with Crippen molar-refractivity contribution in [3.05, 3.63) is 65.5 Å². The van der Waals surface area contributed by atoms with Crippen LogP contribution in [0.1, 0.15) is 29.9 Å². The first-order valence-electron chi connectivity index (χ1n) is 10.2. The number of nitrogens with zero attached hydrogens (tertiary/aromatic N) is 2. The van der Waals surface area contributed by atoms with Crippen molar-refractivity contribution in [3.8, 4) is 0 Å². The number of halogens is 1. The lowest BCUT2D eigenvalue weighted by molar-refractivity contribution is -0.153. The van der Waals surface area contributed by atoms with Crippen molar-refractivity contribution in [1.29, 1.82) is 0 Å². The first-order chi connectivity index (χ1) is 14.4. The van der Waals surface area contributed by atoms with E-state index < -0.39 is 29.3 Å². The molecular weight excluding hydrogens is 385 g/mol. The largest absolute Gasteiger partial charge is 0.364 e. The van der Waals surface area contributed by atoms with Gasteiger partial charge in [0.05, 0.1) is 11.7 Å². The van der Waals surface area contributed by atoms with Crippen LogP contribution in [0.4, 0.5) is 14.9 Å². The van der Waals surface area contributed by atoms with Gasteiger partial charge in [-0.05, 0) is 42.4 Å². The summed E-state index contributed by atoms with van der Waals surface area (Å²) in [7, 11) is 1.38. The number of benzene rings is 2. The Morgan fingerprint density at radius 3 is 2.60 bits per heavy atom. The van der Waals surface area contributed by atoms with Gasteiger partial charge in [-0.1, -0.05) is 42.5 Å². The molecule has 3 aliphatic heterocycles. The monoisotopic (exact) mass is 407 g/mol. The van der Waals surface area contributed by atoms with Crippen molar-refractivity contribution in [2.75, 3.05) is 18.5 Å². The maximum atomic E-state index is 14.9. The van der Waals surface area contributed by atoms with Crippen molar-refractivity contribution in [1.82, 2.24) is 10.2 Å². The maximum Gasteiger partial charge on any atom is 0.330 e. The Hall–Kier alpha value is -3.22. The molecule has 1 N–H and O–H groups in total. The van der Waals surface area contributed by atoms with Gasteiger partial charge in [0.2, 0.25) is 11.8 Å². The molecule has 0 aromatic heterocycles. The van der Waals surface area contributed by atoms with E-state index in [-0.39, 0.29) is 18.2 Å². The molecule has 6 nitrogen and oxygen atoms in total. The van der Waals surface area contributed by atoms with Gasteiger partial charge in [0.1, 0.15) is 5.82 Å². The molecule has 0 unspecified atom stereocenters. The molecule has 5 rings (SSSR count). The molecule has 30 heavy (non-hydrogen) atoms. The van der Waals surface area contributed by atoms with E-state index in [1.54, 1.807) is 12.1 Å². The quantitative estimate of drug-likeness (QED) is 0.738. The molecule has 0 bridgehead atoms. The third-order valence-corrected chi connectivity index (χ3v) is 6.89. The van der Waals surface area contributed by atoms with E-state index in [1.807, 2.05) is 35.2 Å². The summed E-state index contributed by atoms with van der Waals surface area (Å²) in [5.74, 6) is -1.32. The van der Waals surface area contributed by atoms with Crippen LogP contribution in [0.25, 0.3) is 0 Å². The van der Waals surface area contributed by atoms with Gasteiger partial charge >= 0.3 is 6.03 Å². The topological polar surface area (TPSA) is 69.7 Å². The molecule has 1 spiro atoms. The number of rotatable bonds is 1. The highest BCUT2D eigenvalue weighted by Gasteiger charge is 2.62. The minimum Gasteiger partial charge on any atom is -0.364 e. The van der Waals surface area contributed by atoms with Crippen molar-refractivity contribution in [2.45, 2.75) is 31.2 Å². The van der Waals surface area contributed by atoms with Crippen molar-refractivity contribution < 1.29 is 18.8 Å². The number of nitrogens with one attached hydrogen (secondary N) is 1. The number of fused-ring (bicyclic) bond motifs is 4. The molecule has 3 aliphatic rings. The number of para-hydroxylation sites is 1. The predicted molar refractivity (Wildman–Crippen MR) is 108 cm³/mol. The van der Waals surface area contributed by atoms with E-state index in [2.05, 4.69) is 5.32 Å². The Bertz CT molecular complexity index is 1060. The Morgan fingerprint density at radius 1 is 1.07 bits per heavy atom. The molecular formula is C23H22FN3O3. The minimum atomic E-state index is -1.46. The van der Waals surface area contributed by atoms with Gasteiger partial charge in [-0.25, -0.2) is 9.18 Å². The summed E-state index contributed by atoms with van der Waals surface area (Å²) in [6, 6.07) is 13.5. The number of imide groups is 2. The van der Waals surface area contributed by atoms with E-state index in [4.69, 9.17) is 0 Å². The summed E-state index contributed by atoms with van der Waals surface area (Å²) < 4.78 is 14.9. The number of carbonyl (C=O) groups excluding carboxylic acids is 3. The summed E-state index contributed by atoms with van der Waals surface area (Å²) >= 11 is 0. The van der Waals surface area contributed by atoms with Crippen LogP contribution in [0, 0.1) is 11.2 Å². The second-order valence-electron chi connectivity index (χ2n) is 8.36. The van der Waals surface area contributed by atoms with Gasteiger partial charge in [-0.15, -0.1) is 0 Å². The third-order valence-electron chi connectivity index (χ3n) is 6.89. The number of hydrogen-bond acceptors (Lipinski definition) is 4. The van der Waals surface area contributed by atoms with Crippen LogP contribution >= 0.6 is 0 Å². The predicted octanol–water partition coefficient (Wildman–Crippen LogP) is 2.83. The van der Waals surface area contributed by atoms with E-state index in [0.717, 1.165) is 16.9 Å². The smallest absolute Gasteiger partial charge is 0.330 e. The van der Waals surface area contributed by atoms with Crippen LogP contribution in [0.15, 0.2) is 48.5 Å². The number of anilines is 1. The third kappa shape index (κ3) is 2.51. The van der Waals surface area contributed by atoms with Crippen molar-refractivity contribution in [2.24, 2.45) is 5.41 Å². The fourth-order valence-corrected chi connectivity index (χ4v) is 5.40. The average molecular weight is 407 g/mol. The zero-order valence-corrected chi connectivity index (χ0v) is 16.6. The fraction of sp³-hybridized carbons (Fsp3) is 0.348. The Morgan fingerprint density at radius 2 is 1.83 bits per heavy atom. The highest BCUT2D eigenvalue weighted by molar-refractivity contribution is 6.20. The molecule has 0 saturated carbocycles. The summed E-state index contributed by atoms with van der Waals surface area (Å²) in [5, 5.41) is 2.36. The summed E-state index contributed by atoms with van der Waals surface area (Å²) in [6.07, 6.45) is 1.39. The zero-order valence-electron chi connectivity index (χ0n) is 16.6. The van der Waals surface area contributed by atoms with E-state index >= 15 is 0 Å². The second kappa shape index (κ2) is 6.65. The number of urea groups is 1. The summed E-state index contributed by atoms with van der Waals surface area (Å²) in [5.41, 5.74) is 0.770. The molecule has 4 amide bonds. The Balaban J connectivity index is 1.65. The van der Waals surface area contributed by atoms with Crippen LogP contribution in [0.2, 0.25) is 0 Å². The number of piperidine rings is 1. The standard InChI is InChI=1S/C23H22FN3O3/c1-26-21(29)23(20(28)25-22(26)30)13-16-8-5-9-17(24)19(16)27-11-10-15(12-18(23)27)14-6-3-2-4-7-14/h2-9,15,18H,10-13H2,1H3,(H,25,28,30)/t15-,18-,23-/m1/s1. The molecule has 2 aromatic rings. The van der Waals surface area contributed by atoms with Crippen LogP contribution in [0.5, 0.6) is 0 Å². The number of carbonyl (C=O) groups is 3. The highest BCUT2D eigenvalue weighted by atomic mass is 19.1. The Kier molecular flexibility index (Phi) is 4.17. The van der Waals surface area contributed by atoms with E-state index in [1.165, 1.54) is 13.1 Å². The molecule has 154 valence electrons. The van der Waals surface area contributed by atoms with Crippen LogP contribution in [-0.4, -0.2) is 42.4 Å². The highest BCUT2D eigenvalue weighted by Crippen LogP contribution is 2.50. The lowest BCUT2D eigenvalue weighted by Crippen LogP contribution is -2.72.